The summed E-state index contributed by atoms with van der Waals surface area (Å²) in [5.74, 6) is -1.76. The number of nitriles is 2. The molecule has 0 fully saturated rings. The van der Waals surface area contributed by atoms with Gasteiger partial charge in [-0.05, 0) is 35.9 Å². The van der Waals surface area contributed by atoms with Crippen LogP contribution in [0.15, 0.2) is 48.5 Å². The molecule has 1 N–H and O–H groups in total. The molecule has 0 heterocycles. The third-order valence-electron chi connectivity index (χ3n) is 3.05. The lowest BCUT2D eigenvalue weighted by molar-refractivity contribution is 0.0981. The summed E-state index contributed by atoms with van der Waals surface area (Å²) in [6.45, 7) is 0. The lowest BCUT2D eigenvalue weighted by Crippen LogP contribution is -2.34. The Kier molecular flexibility index (Phi) is 4.93. The van der Waals surface area contributed by atoms with Gasteiger partial charge in [-0.1, -0.05) is 18.2 Å². The number of nitrogens with one attached hydrogen (secondary N) is 1. The predicted octanol–water partition coefficient (Wildman–Crippen LogP) is 2.02. The van der Waals surface area contributed by atoms with Gasteiger partial charge < -0.3 is 0 Å². The van der Waals surface area contributed by atoms with Crippen molar-refractivity contribution in [1.29, 1.82) is 10.5 Å². The van der Waals surface area contributed by atoms with Crippen molar-refractivity contribution in [3.05, 3.63) is 71.0 Å². The SMILES string of the molecule is N#Cc1cc(F)cc(C(C#N)S(=O)(=O)NC(=O)c2ccccc2)c1. The summed E-state index contributed by atoms with van der Waals surface area (Å²) in [6, 6.07) is 13.6. The van der Waals surface area contributed by atoms with Crippen LogP contribution < -0.4 is 4.72 Å². The Hall–Kier alpha value is -3.23. The molecule has 0 aliphatic carbocycles. The fourth-order valence-corrected chi connectivity index (χ4v) is 3.12. The first kappa shape index (κ1) is 17.1. The van der Waals surface area contributed by atoms with E-state index < -0.39 is 27.0 Å². The average Bonchev–Trinajstić information content (AvgIpc) is 2.55. The largest absolute Gasteiger partial charge is 0.268 e. The number of halogens is 1. The number of hydrogen-bond acceptors (Lipinski definition) is 5. The molecule has 2 aromatic rings. The number of rotatable bonds is 4. The lowest BCUT2D eigenvalue weighted by atomic mass is 10.1. The van der Waals surface area contributed by atoms with Crippen LogP contribution in [0.3, 0.4) is 0 Å². The molecular formula is C16H10FN3O3S. The number of benzene rings is 2. The lowest BCUT2D eigenvalue weighted by Gasteiger charge is -2.13. The fourth-order valence-electron chi connectivity index (χ4n) is 1.99. The van der Waals surface area contributed by atoms with Gasteiger partial charge in [0.1, 0.15) is 5.82 Å². The molecule has 8 heteroatoms. The Morgan fingerprint density at radius 1 is 1.12 bits per heavy atom. The summed E-state index contributed by atoms with van der Waals surface area (Å²) < 4.78 is 39.9. The molecule has 0 radical (unpaired) electrons. The Bertz CT molecular complexity index is 960. The Morgan fingerprint density at radius 3 is 2.38 bits per heavy atom. The van der Waals surface area contributed by atoms with Crippen molar-refractivity contribution in [1.82, 2.24) is 4.72 Å². The van der Waals surface area contributed by atoms with E-state index >= 15 is 0 Å². The monoisotopic (exact) mass is 343 g/mol. The summed E-state index contributed by atoms with van der Waals surface area (Å²) in [6.07, 6.45) is 0. The molecule has 0 saturated carbocycles. The number of hydrogen-bond donors (Lipinski definition) is 1. The minimum atomic E-state index is -4.45. The molecule has 1 amide bonds. The van der Waals surface area contributed by atoms with Crippen LogP contribution in [-0.4, -0.2) is 14.3 Å². The molecule has 2 aromatic carbocycles. The quantitative estimate of drug-likeness (QED) is 0.913. The van der Waals surface area contributed by atoms with Crippen LogP contribution in [-0.2, 0) is 10.0 Å². The predicted molar refractivity (Wildman–Crippen MR) is 82.3 cm³/mol. The van der Waals surface area contributed by atoms with E-state index in [2.05, 4.69) is 0 Å². The standard InChI is InChI=1S/C16H10FN3O3S/c17-14-7-11(9-18)6-13(8-14)15(10-19)24(22,23)20-16(21)12-4-2-1-3-5-12/h1-8,15H,(H,20,21). The zero-order valence-corrected chi connectivity index (χ0v) is 12.9. The Balaban J connectivity index is 2.36. The second-order valence-corrected chi connectivity index (χ2v) is 6.50. The van der Waals surface area contributed by atoms with Crippen molar-refractivity contribution in [2.75, 3.05) is 0 Å². The van der Waals surface area contributed by atoms with Gasteiger partial charge in [0.05, 0.1) is 17.7 Å². The van der Waals surface area contributed by atoms with Gasteiger partial charge >= 0.3 is 0 Å². The number of sulfonamides is 1. The molecule has 0 aromatic heterocycles. The molecule has 0 aliphatic heterocycles. The zero-order chi connectivity index (χ0) is 17.7. The zero-order valence-electron chi connectivity index (χ0n) is 12.1. The molecule has 0 spiro atoms. The molecule has 120 valence electrons. The third-order valence-corrected chi connectivity index (χ3v) is 4.52. The van der Waals surface area contributed by atoms with Crippen molar-refractivity contribution in [2.45, 2.75) is 5.25 Å². The van der Waals surface area contributed by atoms with Crippen molar-refractivity contribution in [3.8, 4) is 12.1 Å². The van der Waals surface area contributed by atoms with Gasteiger partial charge in [0.2, 0.25) is 0 Å². The molecule has 0 bridgehead atoms. The van der Waals surface area contributed by atoms with E-state index in [1.807, 2.05) is 0 Å². The van der Waals surface area contributed by atoms with E-state index in [4.69, 9.17) is 10.5 Å². The Labute approximate surface area is 137 Å². The van der Waals surface area contributed by atoms with E-state index in [-0.39, 0.29) is 16.7 Å². The van der Waals surface area contributed by atoms with Gasteiger partial charge in [-0.3, -0.25) is 4.79 Å². The second kappa shape index (κ2) is 6.90. The molecule has 2 rings (SSSR count). The van der Waals surface area contributed by atoms with Gasteiger partial charge in [0.25, 0.3) is 15.9 Å². The molecule has 1 atom stereocenters. The fraction of sp³-hybridized carbons (Fsp3) is 0.0625. The van der Waals surface area contributed by atoms with Crippen LogP contribution in [0, 0.1) is 28.5 Å². The number of amides is 1. The molecule has 1 unspecified atom stereocenters. The van der Waals surface area contributed by atoms with Crippen LogP contribution in [0.1, 0.15) is 26.7 Å². The van der Waals surface area contributed by atoms with Gasteiger partial charge in [0.15, 0.2) is 5.25 Å². The van der Waals surface area contributed by atoms with E-state index in [1.54, 1.807) is 29.0 Å². The summed E-state index contributed by atoms with van der Waals surface area (Å²) >= 11 is 0. The van der Waals surface area contributed by atoms with Crippen molar-refractivity contribution in [3.63, 3.8) is 0 Å². The maximum atomic E-state index is 13.5. The highest BCUT2D eigenvalue weighted by Crippen LogP contribution is 2.23. The van der Waals surface area contributed by atoms with E-state index in [0.29, 0.717) is 0 Å². The van der Waals surface area contributed by atoms with Crippen molar-refractivity contribution in [2.24, 2.45) is 0 Å². The highest BCUT2D eigenvalue weighted by molar-refractivity contribution is 7.90. The highest BCUT2D eigenvalue weighted by atomic mass is 32.2. The first-order valence-electron chi connectivity index (χ1n) is 6.58. The smallest absolute Gasteiger partial charge is 0.264 e. The molecule has 0 saturated heterocycles. The van der Waals surface area contributed by atoms with Gasteiger partial charge in [0, 0.05) is 5.56 Å². The van der Waals surface area contributed by atoms with Crippen molar-refractivity contribution < 1.29 is 17.6 Å². The summed E-state index contributed by atoms with van der Waals surface area (Å²) in [5.41, 5.74) is -0.271. The van der Waals surface area contributed by atoms with Crippen LogP contribution in [0.25, 0.3) is 0 Å². The highest BCUT2D eigenvalue weighted by Gasteiger charge is 2.30. The Morgan fingerprint density at radius 2 is 1.79 bits per heavy atom. The number of carbonyl (C=O) groups excluding carboxylic acids is 1. The van der Waals surface area contributed by atoms with E-state index in [9.17, 15) is 17.6 Å². The normalized spacial score (nSPS) is 11.8. The first-order chi connectivity index (χ1) is 11.4. The average molecular weight is 343 g/mol. The molecule has 6 nitrogen and oxygen atoms in total. The number of nitrogens with zero attached hydrogens (tertiary/aromatic N) is 2. The maximum absolute atomic E-state index is 13.5. The van der Waals surface area contributed by atoms with E-state index in [1.165, 1.54) is 18.2 Å². The van der Waals surface area contributed by atoms with Gasteiger partial charge in [-0.2, -0.15) is 10.5 Å². The summed E-state index contributed by atoms with van der Waals surface area (Å²) in [4.78, 5) is 12.0. The van der Waals surface area contributed by atoms with Crippen LogP contribution in [0.4, 0.5) is 4.39 Å². The molecular weight excluding hydrogens is 333 g/mol. The van der Waals surface area contributed by atoms with E-state index in [0.717, 1.165) is 18.2 Å². The van der Waals surface area contributed by atoms with Gasteiger partial charge in [-0.15, -0.1) is 0 Å². The first-order valence-corrected chi connectivity index (χ1v) is 8.13. The van der Waals surface area contributed by atoms with Crippen LogP contribution in [0.2, 0.25) is 0 Å². The molecule has 24 heavy (non-hydrogen) atoms. The van der Waals surface area contributed by atoms with Gasteiger partial charge in [-0.25, -0.2) is 17.5 Å². The van der Waals surface area contributed by atoms with Crippen LogP contribution >= 0.6 is 0 Å². The number of carbonyl (C=O) groups is 1. The topological polar surface area (TPSA) is 111 Å². The minimum absolute atomic E-state index is 0.0923. The summed E-state index contributed by atoms with van der Waals surface area (Å²) in [7, 11) is -4.45. The van der Waals surface area contributed by atoms with Crippen molar-refractivity contribution >= 4 is 15.9 Å². The van der Waals surface area contributed by atoms with Crippen LogP contribution in [0.5, 0.6) is 0 Å². The molecule has 0 aliphatic rings. The minimum Gasteiger partial charge on any atom is -0.268 e. The third kappa shape index (κ3) is 3.75. The second-order valence-electron chi connectivity index (χ2n) is 4.74. The summed E-state index contributed by atoms with van der Waals surface area (Å²) in [5, 5.41) is 16.1. The maximum Gasteiger partial charge on any atom is 0.264 e.